The van der Waals surface area contributed by atoms with Gasteiger partial charge < -0.3 is 10.6 Å². The van der Waals surface area contributed by atoms with E-state index >= 15 is 0 Å². The molecule has 2 N–H and O–H groups in total. The summed E-state index contributed by atoms with van der Waals surface area (Å²) in [4.78, 5) is 20.7. The molecule has 20 heavy (non-hydrogen) atoms. The Labute approximate surface area is 130 Å². The molecular weight excluding hydrogens is 340 g/mol. The number of halogens is 1. The molecule has 0 bridgehead atoms. The highest BCUT2D eigenvalue weighted by molar-refractivity contribution is 9.10. The Morgan fingerprint density at radius 3 is 2.95 bits per heavy atom. The zero-order chi connectivity index (χ0) is 14.5. The minimum atomic E-state index is -0.143. The van der Waals surface area contributed by atoms with E-state index in [2.05, 4.69) is 36.5 Å². The molecule has 1 amide bonds. The van der Waals surface area contributed by atoms with Crippen LogP contribution in [0.2, 0.25) is 0 Å². The maximum Gasteiger partial charge on any atom is 0.255 e. The van der Waals surface area contributed by atoms with Gasteiger partial charge in [0.2, 0.25) is 0 Å². The van der Waals surface area contributed by atoms with Crippen LogP contribution in [0, 0.1) is 6.92 Å². The Balaban J connectivity index is 1.96. The molecule has 0 saturated carbocycles. The number of nitrogens with zero attached hydrogens (tertiary/aromatic N) is 2. The fraction of sp³-hybridized carbons (Fsp3) is 0.308. The zero-order valence-corrected chi connectivity index (χ0v) is 13.6. The minimum Gasteiger partial charge on any atom is -0.372 e. The second-order valence-corrected chi connectivity index (χ2v) is 6.14. The molecule has 2 aromatic heterocycles. The number of aryl methyl sites for hydroxylation is 1. The molecule has 5 nitrogen and oxygen atoms in total. The van der Waals surface area contributed by atoms with E-state index in [0.29, 0.717) is 17.9 Å². The number of anilines is 1. The van der Waals surface area contributed by atoms with Crippen molar-refractivity contribution in [2.45, 2.75) is 13.3 Å². The third-order valence-corrected chi connectivity index (χ3v) is 3.93. The van der Waals surface area contributed by atoms with Crippen molar-refractivity contribution in [3.8, 4) is 0 Å². The minimum absolute atomic E-state index is 0.143. The van der Waals surface area contributed by atoms with E-state index in [0.717, 1.165) is 21.6 Å². The van der Waals surface area contributed by atoms with Crippen molar-refractivity contribution < 1.29 is 4.79 Å². The first-order valence-corrected chi connectivity index (χ1v) is 7.80. The van der Waals surface area contributed by atoms with Gasteiger partial charge in [0.05, 0.1) is 16.3 Å². The van der Waals surface area contributed by atoms with Gasteiger partial charge in [-0.15, -0.1) is 11.3 Å². The Bertz CT molecular complexity index is 614. The SMILES string of the molecule is CNc1ncc(Br)cc1C(=O)NCCc1csc(C)n1. The van der Waals surface area contributed by atoms with Crippen LogP contribution in [0.15, 0.2) is 22.1 Å². The van der Waals surface area contributed by atoms with Crippen molar-refractivity contribution in [2.75, 3.05) is 18.9 Å². The number of carbonyl (C=O) groups is 1. The number of carbonyl (C=O) groups excluding carboxylic acids is 1. The van der Waals surface area contributed by atoms with Crippen LogP contribution in [0.5, 0.6) is 0 Å². The predicted molar refractivity (Wildman–Crippen MR) is 84.4 cm³/mol. The van der Waals surface area contributed by atoms with Gasteiger partial charge in [0.25, 0.3) is 5.91 Å². The molecule has 0 saturated heterocycles. The van der Waals surface area contributed by atoms with E-state index in [4.69, 9.17) is 0 Å². The van der Waals surface area contributed by atoms with Gasteiger partial charge in [-0.1, -0.05) is 0 Å². The molecule has 0 atom stereocenters. The van der Waals surface area contributed by atoms with Gasteiger partial charge in [0.15, 0.2) is 0 Å². The summed E-state index contributed by atoms with van der Waals surface area (Å²) >= 11 is 4.94. The molecule has 2 heterocycles. The lowest BCUT2D eigenvalue weighted by Gasteiger charge is -2.09. The first-order chi connectivity index (χ1) is 9.60. The number of aromatic nitrogens is 2. The Morgan fingerprint density at radius 1 is 1.50 bits per heavy atom. The molecule has 106 valence electrons. The molecule has 0 aromatic carbocycles. The van der Waals surface area contributed by atoms with Crippen LogP contribution in [-0.4, -0.2) is 29.5 Å². The highest BCUT2D eigenvalue weighted by Gasteiger charge is 2.12. The summed E-state index contributed by atoms with van der Waals surface area (Å²) in [5.41, 5.74) is 1.53. The van der Waals surface area contributed by atoms with Gasteiger partial charge in [-0.3, -0.25) is 4.79 Å². The first kappa shape index (κ1) is 14.9. The van der Waals surface area contributed by atoms with E-state index in [1.807, 2.05) is 12.3 Å². The fourth-order valence-corrected chi connectivity index (χ4v) is 2.71. The molecule has 0 aliphatic carbocycles. The molecule has 0 unspecified atom stereocenters. The van der Waals surface area contributed by atoms with Crippen molar-refractivity contribution in [2.24, 2.45) is 0 Å². The maximum absolute atomic E-state index is 12.1. The molecule has 0 aliphatic rings. The molecular formula is C13H15BrN4OS. The zero-order valence-electron chi connectivity index (χ0n) is 11.2. The molecule has 7 heteroatoms. The van der Waals surface area contributed by atoms with Gasteiger partial charge in [-0.25, -0.2) is 9.97 Å². The molecule has 2 aromatic rings. The van der Waals surface area contributed by atoms with E-state index in [-0.39, 0.29) is 5.91 Å². The second kappa shape index (κ2) is 6.81. The highest BCUT2D eigenvalue weighted by atomic mass is 79.9. The highest BCUT2D eigenvalue weighted by Crippen LogP contribution is 2.17. The summed E-state index contributed by atoms with van der Waals surface area (Å²) in [6, 6.07) is 1.75. The molecule has 2 rings (SSSR count). The van der Waals surface area contributed by atoms with E-state index in [1.165, 1.54) is 0 Å². The monoisotopic (exact) mass is 354 g/mol. The lowest BCUT2D eigenvalue weighted by molar-refractivity contribution is 0.0954. The van der Waals surface area contributed by atoms with Crippen molar-refractivity contribution in [1.29, 1.82) is 0 Å². The van der Waals surface area contributed by atoms with Crippen LogP contribution in [0.4, 0.5) is 5.82 Å². The average molecular weight is 355 g/mol. The van der Waals surface area contributed by atoms with Crippen molar-refractivity contribution in [3.63, 3.8) is 0 Å². The smallest absolute Gasteiger partial charge is 0.255 e. The van der Waals surface area contributed by atoms with Crippen molar-refractivity contribution in [3.05, 3.63) is 38.4 Å². The van der Waals surface area contributed by atoms with Crippen molar-refractivity contribution in [1.82, 2.24) is 15.3 Å². The lowest BCUT2D eigenvalue weighted by atomic mass is 10.2. The van der Waals surface area contributed by atoms with Crippen LogP contribution in [0.25, 0.3) is 0 Å². The Hall–Kier alpha value is -1.47. The number of hydrogen-bond donors (Lipinski definition) is 2. The first-order valence-electron chi connectivity index (χ1n) is 6.12. The molecule has 0 radical (unpaired) electrons. The summed E-state index contributed by atoms with van der Waals surface area (Å²) in [5, 5.41) is 8.85. The quantitative estimate of drug-likeness (QED) is 0.865. The third kappa shape index (κ3) is 3.77. The van der Waals surface area contributed by atoms with Gasteiger partial charge >= 0.3 is 0 Å². The molecule has 0 aliphatic heterocycles. The number of nitrogens with one attached hydrogen (secondary N) is 2. The van der Waals surface area contributed by atoms with Gasteiger partial charge in [-0.05, 0) is 28.9 Å². The summed E-state index contributed by atoms with van der Waals surface area (Å²) < 4.78 is 0.775. The standard InChI is InChI=1S/C13H15BrN4OS/c1-8-18-10(7-20-8)3-4-16-13(19)11-5-9(14)6-17-12(11)15-2/h5-7H,3-4H2,1-2H3,(H,15,17)(H,16,19). The lowest BCUT2D eigenvalue weighted by Crippen LogP contribution is -2.26. The molecule has 0 spiro atoms. The average Bonchev–Trinajstić information content (AvgIpc) is 2.84. The summed E-state index contributed by atoms with van der Waals surface area (Å²) in [7, 11) is 1.74. The van der Waals surface area contributed by atoms with Crippen LogP contribution in [0.3, 0.4) is 0 Å². The number of rotatable bonds is 5. The fourth-order valence-electron chi connectivity index (χ4n) is 1.73. The largest absolute Gasteiger partial charge is 0.372 e. The predicted octanol–water partition coefficient (Wildman–Crippen LogP) is 2.62. The van der Waals surface area contributed by atoms with Gasteiger partial charge in [-0.2, -0.15) is 0 Å². The van der Waals surface area contributed by atoms with Crippen LogP contribution in [0.1, 0.15) is 21.1 Å². The van der Waals surface area contributed by atoms with E-state index < -0.39 is 0 Å². The third-order valence-electron chi connectivity index (χ3n) is 2.67. The molecule has 0 fully saturated rings. The van der Waals surface area contributed by atoms with Crippen LogP contribution >= 0.6 is 27.3 Å². The van der Waals surface area contributed by atoms with Gasteiger partial charge in [0.1, 0.15) is 5.82 Å². The van der Waals surface area contributed by atoms with E-state index in [1.54, 1.807) is 30.6 Å². The Morgan fingerprint density at radius 2 is 2.30 bits per heavy atom. The summed E-state index contributed by atoms with van der Waals surface area (Å²) in [6.45, 7) is 2.52. The Kier molecular flexibility index (Phi) is 5.08. The van der Waals surface area contributed by atoms with E-state index in [9.17, 15) is 4.79 Å². The number of hydrogen-bond acceptors (Lipinski definition) is 5. The van der Waals surface area contributed by atoms with Gasteiger partial charge in [0, 0.05) is 36.1 Å². The number of amides is 1. The summed E-state index contributed by atoms with van der Waals surface area (Å²) in [5.74, 6) is 0.422. The van der Waals surface area contributed by atoms with Crippen molar-refractivity contribution >= 4 is 39.0 Å². The number of pyridine rings is 1. The normalized spacial score (nSPS) is 10.3. The maximum atomic E-state index is 12.1. The summed E-state index contributed by atoms with van der Waals surface area (Å²) in [6.07, 6.45) is 2.38. The van der Waals surface area contributed by atoms with Crippen LogP contribution < -0.4 is 10.6 Å². The van der Waals surface area contributed by atoms with Crippen LogP contribution in [-0.2, 0) is 6.42 Å². The topological polar surface area (TPSA) is 66.9 Å². The second-order valence-electron chi connectivity index (χ2n) is 4.16. The number of thiazole rings is 1.